The molecule has 0 aromatic heterocycles. The van der Waals surface area contributed by atoms with Crippen molar-refractivity contribution in [1.82, 2.24) is 0 Å². The van der Waals surface area contributed by atoms with Crippen LogP contribution in [0.4, 0.5) is 4.39 Å². The minimum atomic E-state index is -0.773. The van der Waals surface area contributed by atoms with Crippen molar-refractivity contribution in [3.63, 3.8) is 0 Å². The van der Waals surface area contributed by atoms with Gasteiger partial charge in [0.2, 0.25) is 0 Å². The molecule has 23 heavy (non-hydrogen) atoms. The van der Waals surface area contributed by atoms with Crippen LogP contribution in [-0.2, 0) is 17.8 Å². The highest BCUT2D eigenvalue weighted by Crippen LogP contribution is 2.21. The summed E-state index contributed by atoms with van der Waals surface area (Å²) in [6.45, 7) is 1.98. The van der Waals surface area contributed by atoms with Gasteiger partial charge in [0.05, 0.1) is 5.92 Å². The first kappa shape index (κ1) is 17.5. The van der Waals surface area contributed by atoms with E-state index < -0.39 is 5.97 Å². The third-order valence-corrected chi connectivity index (χ3v) is 4.39. The van der Waals surface area contributed by atoms with Gasteiger partial charge in [0, 0.05) is 10.0 Å². The molecule has 0 bridgehead atoms. The predicted molar refractivity (Wildman–Crippen MR) is 90.0 cm³/mol. The first-order chi connectivity index (χ1) is 11.0. The number of aliphatic carboxylic acids is 1. The summed E-state index contributed by atoms with van der Waals surface area (Å²) in [6, 6.07) is 12.0. The summed E-state index contributed by atoms with van der Waals surface area (Å²) in [4.78, 5) is 10.8. The molecule has 2 rings (SSSR count). The minimum Gasteiger partial charge on any atom is -0.489 e. The number of carboxylic acid groups (broad SMARTS) is 1. The largest absolute Gasteiger partial charge is 0.489 e. The quantitative estimate of drug-likeness (QED) is 0.748. The SMILES string of the molecule is CC(CCc1ccc(OCc2cc(F)ccc2Br)cc1)C(=O)O. The van der Waals surface area contributed by atoms with Crippen LogP contribution in [0.1, 0.15) is 24.5 Å². The highest BCUT2D eigenvalue weighted by atomic mass is 79.9. The Bertz CT molecular complexity index is 670. The Morgan fingerprint density at radius 3 is 2.61 bits per heavy atom. The summed E-state index contributed by atoms with van der Waals surface area (Å²) >= 11 is 3.37. The Morgan fingerprint density at radius 2 is 1.96 bits per heavy atom. The van der Waals surface area contributed by atoms with E-state index in [0.29, 0.717) is 18.6 Å². The van der Waals surface area contributed by atoms with Crippen LogP contribution in [0.3, 0.4) is 0 Å². The number of ether oxygens (including phenoxy) is 1. The molecule has 1 N–H and O–H groups in total. The first-order valence-corrected chi connectivity index (χ1v) is 8.13. The maximum absolute atomic E-state index is 13.2. The fourth-order valence-corrected chi connectivity index (χ4v) is 2.44. The van der Waals surface area contributed by atoms with Crippen LogP contribution in [0, 0.1) is 11.7 Å². The average Bonchev–Trinajstić information content (AvgIpc) is 2.54. The van der Waals surface area contributed by atoms with E-state index in [1.54, 1.807) is 13.0 Å². The summed E-state index contributed by atoms with van der Waals surface area (Å²) in [6.07, 6.45) is 1.31. The topological polar surface area (TPSA) is 46.5 Å². The van der Waals surface area contributed by atoms with E-state index in [2.05, 4.69) is 15.9 Å². The second kappa shape index (κ2) is 8.11. The molecule has 0 radical (unpaired) electrons. The lowest BCUT2D eigenvalue weighted by Gasteiger charge is -2.10. The highest BCUT2D eigenvalue weighted by Gasteiger charge is 2.10. The molecule has 0 aliphatic carbocycles. The molecule has 5 heteroatoms. The van der Waals surface area contributed by atoms with Crippen molar-refractivity contribution >= 4 is 21.9 Å². The fourth-order valence-electron chi connectivity index (χ4n) is 2.07. The Kier molecular flexibility index (Phi) is 6.16. The molecule has 0 aliphatic heterocycles. The van der Waals surface area contributed by atoms with Gasteiger partial charge in [-0.3, -0.25) is 4.79 Å². The molecule has 0 saturated carbocycles. The molecule has 2 aromatic carbocycles. The highest BCUT2D eigenvalue weighted by molar-refractivity contribution is 9.10. The summed E-state index contributed by atoms with van der Waals surface area (Å²) in [5.41, 5.74) is 1.81. The lowest BCUT2D eigenvalue weighted by molar-refractivity contribution is -0.141. The molecular formula is C18H18BrFO3. The van der Waals surface area contributed by atoms with Gasteiger partial charge >= 0.3 is 5.97 Å². The Balaban J connectivity index is 1.90. The van der Waals surface area contributed by atoms with Crippen LogP contribution in [-0.4, -0.2) is 11.1 Å². The van der Waals surface area contributed by atoms with Gasteiger partial charge in [-0.15, -0.1) is 0 Å². The number of carboxylic acids is 1. The van der Waals surface area contributed by atoms with Crippen LogP contribution in [0.2, 0.25) is 0 Å². The van der Waals surface area contributed by atoms with E-state index >= 15 is 0 Å². The molecule has 0 amide bonds. The van der Waals surface area contributed by atoms with Crippen LogP contribution < -0.4 is 4.74 Å². The van der Waals surface area contributed by atoms with E-state index in [9.17, 15) is 9.18 Å². The van der Waals surface area contributed by atoms with Gasteiger partial charge in [0.25, 0.3) is 0 Å². The van der Waals surface area contributed by atoms with Gasteiger partial charge < -0.3 is 9.84 Å². The van der Waals surface area contributed by atoms with Crippen LogP contribution >= 0.6 is 15.9 Å². The van der Waals surface area contributed by atoms with E-state index in [-0.39, 0.29) is 18.3 Å². The summed E-state index contributed by atoms with van der Waals surface area (Å²) in [5.74, 6) is -0.729. The van der Waals surface area contributed by atoms with Crippen LogP contribution in [0.15, 0.2) is 46.9 Å². The van der Waals surface area contributed by atoms with Gasteiger partial charge in [-0.2, -0.15) is 0 Å². The summed E-state index contributed by atoms with van der Waals surface area (Å²) in [7, 11) is 0. The lowest BCUT2D eigenvalue weighted by atomic mass is 10.0. The standard InChI is InChI=1S/C18H18BrFO3/c1-12(18(21)22)2-3-13-4-7-16(8-5-13)23-11-14-10-15(20)6-9-17(14)19/h4-10,12H,2-3,11H2,1H3,(H,21,22). The normalized spacial score (nSPS) is 12.0. The zero-order chi connectivity index (χ0) is 16.8. The van der Waals surface area contributed by atoms with Crippen molar-refractivity contribution in [3.8, 4) is 5.75 Å². The predicted octanol–water partition coefficient (Wildman–Crippen LogP) is 4.82. The molecule has 0 fully saturated rings. The number of halogens is 2. The van der Waals surface area contributed by atoms with E-state index in [0.717, 1.165) is 15.6 Å². The Morgan fingerprint density at radius 1 is 1.26 bits per heavy atom. The average molecular weight is 381 g/mol. The smallest absolute Gasteiger partial charge is 0.306 e. The Labute approximate surface area is 143 Å². The monoisotopic (exact) mass is 380 g/mol. The lowest BCUT2D eigenvalue weighted by Crippen LogP contribution is -2.10. The van der Waals surface area contributed by atoms with Gasteiger partial charge in [-0.05, 0) is 48.7 Å². The number of hydrogen-bond donors (Lipinski definition) is 1. The molecule has 1 unspecified atom stereocenters. The maximum Gasteiger partial charge on any atom is 0.306 e. The van der Waals surface area contributed by atoms with E-state index in [1.807, 2.05) is 24.3 Å². The second-order valence-electron chi connectivity index (χ2n) is 5.45. The molecule has 3 nitrogen and oxygen atoms in total. The van der Waals surface area contributed by atoms with E-state index in [1.165, 1.54) is 12.1 Å². The molecule has 0 spiro atoms. The first-order valence-electron chi connectivity index (χ1n) is 7.34. The Hall–Kier alpha value is -1.88. The van der Waals surface area contributed by atoms with Crippen molar-refractivity contribution in [2.75, 3.05) is 0 Å². The molecule has 1 atom stereocenters. The zero-order valence-corrected chi connectivity index (χ0v) is 14.3. The number of carbonyl (C=O) groups is 1. The fraction of sp³-hybridized carbons (Fsp3) is 0.278. The van der Waals surface area contributed by atoms with E-state index in [4.69, 9.17) is 9.84 Å². The van der Waals surface area contributed by atoms with Gasteiger partial charge in [0.15, 0.2) is 0 Å². The maximum atomic E-state index is 13.2. The van der Waals surface area contributed by atoms with Crippen LogP contribution in [0.25, 0.3) is 0 Å². The summed E-state index contributed by atoms with van der Waals surface area (Å²) in [5, 5.41) is 8.87. The minimum absolute atomic E-state index is 0.272. The zero-order valence-electron chi connectivity index (χ0n) is 12.8. The second-order valence-corrected chi connectivity index (χ2v) is 6.30. The molecular weight excluding hydrogens is 363 g/mol. The molecule has 122 valence electrons. The van der Waals surface area contributed by atoms with Gasteiger partial charge in [-0.1, -0.05) is 35.0 Å². The third-order valence-electron chi connectivity index (χ3n) is 3.61. The molecule has 0 saturated heterocycles. The molecule has 0 heterocycles. The van der Waals surface area contributed by atoms with Crippen molar-refractivity contribution in [2.24, 2.45) is 5.92 Å². The van der Waals surface area contributed by atoms with Crippen molar-refractivity contribution in [3.05, 3.63) is 63.9 Å². The van der Waals surface area contributed by atoms with Crippen molar-refractivity contribution in [2.45, 2.75) is 26.4 Å². The van der Waals surface area contributed by atoms with Crippen LogP contribution in [0.5, 0.6) is 5.75 Å². The molecule has 0 aliphatic rings. The number of benzene rings is 2. The number of aryl methyl sites for hydroxylation is 1. The molecule has 2 aromatic rings. The summed E-state index contributed by atoms with van der Waals surface area (Å²) < 4.78 is 19.7. The third kappa shape index (κ3) is 5.36. The number of rotatable bonds is 7. The van der Waals surface area contributed by atoms with Gasteiger partial charge in [-0.25, -0.2) is 4.39 Å². The number of hydrogen-bond acceptors (Lipinski definition) is 2. The van der Waals surface area contributed by atoms with Crippen molar-refractivity contribution in [1.29, 1.82) is 0 Å². The van der Waals surface area contributed by atoms with Crippen molar-refractivity contribution < 1.29 is 19.0 Å². The van der Waals surface area contributed by atoms with Gasteiger partial charge in [0.1, 0.15) is 18.2 Å².